The highest BCUT2D eigenvalue weighted by molar-refractivity contribution is 7.27. The minimum atomic E-state index is 0.497. The smallest absolute Gasteiger partial charge is 0.204 e. The van der Waals surface area contributed by atoms with Gasteiger partial charge in [0.2, 0.25) is 5.95 Å². The first kappa shape index (κ1) is 15.6. The Labute approximate surface area is 144 Å². The summed E-state index contributed by atoms with van der Waals surface area (Å²) in [7, 11) is 2.74. The van der Waals surface area contributed by atoms with Gasteiger partial charge in [-0.05, 0) is 48.9 Å². The number of aromatic nitrogens is 2. The zero-order valence-electron chi connectivity index (χ0n) is 13.7. The number of para-hydroxylation sites is 2. The molecule has 1 atom stereocenters. The van der Waals surface area contributed by atoms with Gasteiger partial charge in [-0.15, -0.1) is 9.24 Å². The number of imidazole rings is 1. The Morgan fingerprint density at radius 1 is 1.08 bits per heavy atom. The lowest BCUT2D eigenvalue weighted by Crippen LogP contribution is -2.36. The molecule has 0 spiro atoms. The average molecular weight is 338 g/mol. The van der Waals surface area contributed by atoms with E-state index in [1.807, 2.05) is 0 Å². The van der Waals surface area contributed by atoms with E-state index in [9.17, 15) is 0 Å². The van der Waals surface area contributed by atoms with Crippen molar-refractivity contribution in [2.75, 3.05) is 18.4 Å². The number of hydrogen-bond acceptors (Lipinski definition) is 3. The van der Waals surface area contributed by atoms with Crippen LogP contribution in [0.15, 0.2) is 48.5 Å². The first-order valence-corrected chi connectivity index (χ1v) is 9.14. The van der Waals surface area contributed by atoms with Crippen LogP contribution in [0.3, 0.4) is 0 Å². The van der Waals surface area contributed by atoms with Gasteiger partial charge in [-0.25, -0.2) is 4.98 Å². The van der Waals surface area contributed by atoms with Crippen molar-refractivity contribution >= 4 is 31.5 Å². The van der Waals surface area contributed by atoms with Crippen LogP contribution in [-0.4, -0.2) is 28.7 Å². The van der Waals surface area contributed by atoms with Crippen LogP contribution in [0.2, 0.25) is 0 Å². The lowest BCUT2D eigenvalue weighted by atomic mass is 10.1. The van der Waals surface area contributed by atoms with E-state index in [0.717, 1.165) is 43.9 Å². The van der Waals surface area contributed by atoms with E-state index in [1.54, 1.807) is 0 Å². The van der Waals surface area contributed by atoms with Gasteiger partial charge in [0.1, 0.15) is 0 Å². The van der Waals surface area contributed by atoms with Gasteiger partial charge in [-0.1, -0.05) is 36.4 Å². The summed E-state index contributed by atoms with van der Waals surface area (Å²) >= 11 is 0. The van der Waals surface area contributed by atoms with Crippen LogP contribution in [0.1, 0.15) is 18.4 Å². The Hall–Kier alpha value is -1.90. The maximum Gasteiger partial charge on any atom is 0.204 e. The van der Waals surface area contributed by atoms with Gasteiger partial charge in [0.05, 0.1) is 17.6 Å². The molecular formula is C19H23N4P. The van der Waals surface area contributed by atoms with E-state index >= 15 is 0 Å². The quantitative estimate of drug-likeness (QED) is 0.719. The van der Waals surface area contributed by atoms with Crippen LogP contribution in [-0.2, 0) is 6.54 Å². The van der Waals surface area contributed by atoms with Crippen molar-refractivity contribution < 1.29 is 0 Å². The fourth-order valence-electron chi connectivity index (χ4n) is 3.30. The van der Waals surface area contributed by atoms with Gasteiger partial charge in [0.25, 0.3) is 0 Å². The Morgan fingerprint density at radius 2 is 1.83 bits per heavy atom. The normalized spacial score (nSPS) is 15.7. The molecule has 2 N–H and O–H groups in total. The van der Waals surface area contributed by atoms with Crippen molar-refractivity contribution in [1.82, 2.24) is 14.9 Å². The van der Waals surface area contributed by atoms with E-state index in [1.165, 1.54) is 16.4 Å². The van der Waals surface area contributed by atoms with E-state index in [2.05, 4.69) is 73.0 Å². The van der Waals surface area contributed by atoms with Crippen molar-refractivity contribution in [3.63, 3.8) is 0 Å². The number of piperidine rings is 1. The summed E-state index contributed by atoms with van der Waals surface area (Å²) in [6.07, 6.45) is 2.29. The van der Waals surface area contributed by atoms with Gasteiger partial charge < -0.3 is 15.2 Å². The highest BCUT2D eigenvalue weighted by Gasteiger charge is 2.17. The largest absolute Gasteiger partial charge is 0.353 e. The second-order valence-electron chi connectivity index (χ2n) is 6.42. The molecule has 4 nitrogen and oxygen atoms in total. The van der Waals surface area contributed by atoms with Crippen LogP contribution >= 0.6 is 9.24 Å². The number of anilines is 1. The van der Waals surface area contributed by atoms with Crippen molar-refractivity contribution in [2.45, 2.75) is 25.4 Å². The summed E-state index contributed by atoms with van der Waals surface area (Å²) in [5.74, 6) is 0.984. The maximum atomic E-state index is 4.85. The molecule has 2 aromatic carbocycles. The fourth-order valence-corrected chi connectivity index (χ4v) is 3.49. The Balaban J connectivity index is 1.68. The average Bonchev–Trinajstić information content (AvgIpc) is 2.95. The Bertz CT molecular complexity index is 819. The molecule has 4 rings (SSSR count). The number of rotatable bonds is 4. The maximum absolute atomic E-state index is 4.85. The SMILES string of the molecule is Pc1ccc(Cn2c(NC3CCNCC3)nc3ccccc32)cc1. The first-order chi connectivity index (χ1) is 11.8. The summed E-state index contributed by atoms with van der Waals surface area (Å²) in [5.41, 5.74) is 3.53. The minimum Gasteiger partial charge on any atom is -0.353 e. The standard InChI is InChI=1S/C19H23N4P/c24-16-7-5-14(6-8-16)13-23-18-4-2-1-3-17(18)22-19(23)21-15-9-11-20-12-10-15/h1-8,15,20H,9-13,24H2,(H,21,22). The van der Waals surface area contributed by atoms with E-state index in [-0.39, 0.29) is 0 Å². The van der Waals surface area contributed by atoms with Crippen molar-refractivity contribution in [3.05, 3.63) is 54.1 Å². The fraction of sp³-hybridized carbons (Fsp3) is 0.316. The Kier molecular flexibility index (Phi) is 4.50. The highest BCUT2D eigenvalue weighted by atomic mass is 31.0. The third kappa shape index (κ3) is 3.31. The molecule has 1 unspecified atom stereocenters. The molecule has 0 radical (unpaired) electrons. The van der Waals surface area contributed by atoms with Crippen molar-refractivity contribution in [1.29, 1.82) is 0 Å². The van der Waals surface area contributed by atoms with E-state index < -0.39 is 0 Å². The molecule has 1 aliphatic rings. The topological polar surface area (TPSA) is 41.9 Å². The van der Waals surface area contributed by atoms with Crippen LogP contribution in [0.4, 0.5) is 5.95 Å². The molecule has 124 valence electrons. The summed E-state index contributed by atoms with van der Waals surface area (Å²) < 4.78 is 2.30. The van der Waals surface area contributed by atoms with Gasteiger partial charge in [0.15, 0.2) is 0 Å². The lowest BCUT2D eigenvalue weighted by molar-refractivity contribution is 0.476. The molecule has 1 fully saturated rings. The van der Waals surface area contributed by atoms with Crippen molar-refractivity contribution in [3.8, 4) is 0 Å². The zero-order valence-corrected chi connectivity index (χ0v) is 14.9. The number of benzene rings is 2. The van der Waals surface area contributed by atoms with Crippen LogP contribution in [0.25, 0.3) is 11.0 Å². The zero-order chi connectivity index (χ0) is 16.4. The number of fused-ring (bicyclic) bond motifs is 1. The van der Waals surface area contributed by atoms with Gasteiger partial charge in [-0.3, -0.25) is 0 Å². The van der Waals surface area contributed by atoms with E-state index in [0.29, 0.717) is 6.04 Å². The Morgan fingerprint density at radius 3 is 2.62 bits per heavy atom. The molecule has 1 aliphatic heterocycles. The summed E-state index contributed by atoms with van der Waals surface area (Å²) in [5, 5.41) is 8.31. The predicted molar refractivity (Wildman–Crippen MR) is 104 cm³/mol. The molecular weight excluding hydrogens is 315 g/mol. The molecule has 0 amide bonds. The number of hydrogen-bond donors (Lipinski definition) is 2. The first-order valence-electron chi connectivity index (χ1n) is 8.56. The molecule has 5 heteroatoms. The highest BCUT2D eigenvalue weighted by Crippen LogP contribution is 2.23. The second-order valence-corrected chi connectivity index (χ2v) is 7.09. The predicted octanol–water partition coefficient (Wildman–Crippen LogP) is 2.75. The van der Waals surface area contributed by atoms with Crippen molar-refractivity contribution in [2.24, 2.45) is 0 Å². The monoisotopic (exact) mass is 338 g/mol. The third-order valence-electron chi connectivity index (χ3n) is 4.65. The number of nitrogens with one attached hydrogen (secondary N) is 2. The van der Waals surface area contributed by atoms with Crippen LogP contribution in [0.5, 0.6) is 0 Å². The molecule has 24 heavy (non-hydrogen) atoms. The second kappa shape index (κ2) is 6.92. The summed E-state index contributed by atoms with van der Waals surface area (Å²) in [4.78, 5) is 4.85. The molecule has 2 heterocycles. The van der Waals surface area contributed by atoms with Gasteiger partial charge in [-0.2, -0.15) is 0 Å². The van der Waals surface area contributed by atoms with Gasteiger partial charge in [0, 0.05) is 6.04 Å². The van der Waals surface area contributed by atoms with Gasteiger partial charge >= 0.3 is 0 Å². The van der Waals surface area contributed by atoms with Crippen LogP contribution in [0, 0.1) is 0 Å². The molecule has 0 bridgehead atoms. The third-order valence-corrected chi connectivity index (χ3v) is 5.03. The molecule has 3 aromatic rings. The molecule has 0 saturated carbocycles. The molecule has 0 aliphatic carbocycles. The minimum absolute atomic E-state index is 0.497. The summed E-state index contributed by atoms with van der Waals surface area (Å²) in [6, 6.07) is 17.5. The summed E-state index contributed by atoms with van der Waals surface area (Å²) in [6.45, 7) is 2.99. The lowest BCUT2D eigenvalue weighted by Gasteiger charge is -2.24. The molecule has 1 aromatic heterocycles. The van der Waals surface area contributed by atoms with E-state index in [4.69, 9.17) is 4.98 Å². The molecule has 1 saturated heterocycles. The number of nitrogens with zero attached hydrogens (tertiary/aromatic N) is 2. The van der Waals surface area contributed by atoms with Crippen LogP contribution < -0.4 is 15.9 Å².